The van der Waals surface area contributed by atoms with Gasteiger partial charge in [0.1, 0.15) is 5.69 Å². The van der Waals surface area contributed by atoms with Crippen LogP contribution in [0.4, 0.5) is 5.13 Å². The van der Waals surface area contributed by atoms with Gasteiger partial charge in [-0.15, -0.1) is 11.3 Å². The molecule has 0 aliphatic rings. The molecule has 0 unspecified atom stereocenters. The van der Waals surface area contributed by atoms with E-state index < -0.39 is 0 Å². The van der Waals surface area contributed by atoms with Crippen LogP contribution in [0.1, 0.15) is 32.0 Å². The molecule has 3 aromatic rings. The lowest BCUT2D eigenvalue weighted by molar-refractivity contribution is 0.0945. The lowest BCUT2D eigenvalue weighted by atomic mass is 10.1. The van der Waals surface area contributed by atoms with Crippen molar-refractivity contribution >= 4 is 28.3 Å². The Labute approximate surface area is 149 Å². The van der Waals surface area contributed by atoms with Crippen LogP contribution in [0.25, 0.3) is 0 Å². The molecule has 2 aromatic heterocycles. The number of benzene rings is 1. The largest absolute Gasteiger partial charge is 0.347 e. The van der Waals surface area contributed by atoms with Gasteiger partial charge in [0.15, 0.2) is 5.13 Å². The highest BCUT2D eigenvalue weighted by Crippen LogP contribution is 2.17. The average Bonchev–Trinajstić information content (AvgIpc) is 3.09. The molecule has 1 aromatic carbocycles. The van der Waals surface area contributed by atoms with E-state index in [0.29, 0.717) is 17.2 Å². The smallest absolute Gasteiger partial charge is 0.271 e. The van der Waals surface area contributed by atoms with Gasteiger partial charge in [-0.1, -0.05) is 24.3 Å². The van der Waals surface area contributed by atoms with Crippen molar-refractivity contribution in [2.24, 2.45) is 0 Å². The lowest BCUT2D eigenvalue weighted by Gasteiger charge is -2.04. The summed E-state index contributed by atoms with van der Waals surface area (Å²) in [5.74, 6) is -0.536. The van der Waals surface area contributed by atoms with Crippen LogP contribution in [-0.2, 0) is 6.54 Å². The zero-order valence-electron chi connectivity index (χ0n) is 13.5. The average molecular weight is 352 g/mol. The number of hydrogen-bond acceptors (Lipinski definition) is 5. The Morgan fingerprint density at radius 3 is 2.72 bits per heavy atom. The third-order valence-corrected chi connectivity index (χ3v) is 4.28. The Hall–Kier alpha value is -3.06. The van der Waals surface area contributed by atoms with Crippen molar-refractivity contribution < 1.29 is 9.59 Å². The molecule has 0 spiro atoms. The molecule has 3 rings (SSSR count). The van der Waals surface area contributed by atoms with E-state index in [0.717, 1.165) is 11.1 Å². The molecule has 126 valence electrons. The first-order valence-corrected chi connectivity index (χ1v) is 8.51. The topological polar surface area (TPSA) is 84.0 Å². The van der Waals surface area contributed by atoms with Gasteiger partial charge in [-0.3, -0.25) is 19.9 Å². The SMILES string of the molecule is Cc1ccccc1C(=O)Nc1nc(C(=O)NCc2cccnc2)cs1. The second kappa shape index (κ2) is 7.67. The zero-order chi connectivity index (χ0) is 17.6. The summed E-state index contributed by atoms with van der Waals surface area (Å²) in [5, 5.41) is 7.51. The standard InChI is InChI=1S/C18H16N4O2S/c1-12-5-2-3-7-14(12)16(23)22-18-21-15(11-25-18)17(24)20-10-13-6-4-8-19-9-13/h2-9,11H,10H2,1H3,(H,20,24)(H,21,22,23). The van der Waals surface area contributed by atoms with E-state index in [-0.39, 0.29) is 17.5 Å². The molecule has 25 heavy (non-hydrogen) atoms. The third kappa shape index (κ3) is 4.27. The summed E-state index contributed by atoms with van der Waals surface area (Å²) in [7, 11) is 0. The Morgan fingerprint density at radius 1 is 1.12 bits per heavy atom. The molecule has 0 saturated carbocycles. The number of pyridine rings is 1. The minimum absolute atomic E-state index is 0.241. The lowest BCUT2D eigenvalue weighted by Crippen LogP contribution is -2.23. The van der Waals surface area contributed by atoms with Crippen LogP contribution >= 0.6 is 11.3 Å². The van der Waals surface area contributed by atoms with Crippen LogP contribution in [0.2, 0.25) is 0 Å². The number of carbonyl (C=O) groups is 2. The summed E-state index contributed by atoms with van der Waals surface area (Å²) in [5.41, 5.74) is 2.64. The third-order valence-electron chi connectivity index (χ3n) is 3.52. The number of rotatable bonds is 5. The highest BCUT2D eigenvalue weighted by Gasteiger charge is 2.14. The zero-order valence-corrected chi connectivity index (χ0v) is 14.3. The summed E-state index contributed by atoms with van der Waals surface area (Å²) in [6, 6.07) is 11.0. The van der Waals surface area contributed by atoms with Gasteiger partial charge in [0.25, 0.3) is 11.8 Å². The number of nitrogens with one attached hydrogen (secondary N) is 2. The van der Waals surface area contributed by atoms with E-state index in [1.165, 1.54) is 11.3 Å². The number of carbonyl (C=O) groups excluding carboxylic acids is 2. The van der Waals surface area contributed by atoms with Crippen molar-refractivity contribution in [2.45, 2.75) is 13.5 Å². The Bertz CT molecular complexity index is 893. The van der Waals surface area contributed by atoms with Gasteiger partial charge in [-0.05, 0) is 30.2 Å². The fraction of sp³-hybridized carbons (Fsp3) is 0.111. The predicted octanol–water partition coefficient (Wildman–Crippen LogP) is 3.03. The molecule has 0 saturated heterocycles. The van der Waals surface area contributed by atoms with E-state index >= 15 is 0 Å². The number of hydrogen-bond donors (Lipinski definition) is 2. The maximum Gasteiger partial charge on any atom is 0.271 e. The van der Waals surface area contributed by atoms with Gasteiger partial charge < -0.3 is 5.32 Å². The molecule has 0 radical (unpaired) electrons. The van der Waals surface area contributed by atoms with Crippen LogP contribution < -0.4 is 10.6 Å². The fourth-order valence-corrected chi connectivity index (χ4v) is 2.89. The molecule has 2 amide bonds. The number of anilines is 1. The van der Waals surface area contributed by atoms with E-state index in [1.807, 2.05) is 31.2 Å². The Balaban J connectivity index is 1.61. The number of aryl methyl sites for hydroxylation is 1. The van der Waals surface area contributed by atoms with E-state index in [2.05, 4.69) is 20.6 Å². The molecule has 6 nitrogen and oxygen atoms in total. The van der Waals surface area contributed by atoms with Crippen molar-refractivity contribution in [1.29, 1.82) is 0 Å². The second-order valence-electron chi connectivity index (χ2n) is 5.35. The number of aromatic nitrogens is 2. The first-order valence-electron chi connectivity index (χ1n) is 7.63. The summed E-state index contributed by atoms with van der Waals surface area (Å²) >= 11 is 1.21. The minimum Gasteiger partial charge on any atom is -0.347 e. The normalized spacial score (nSPS) is 10.3. The summed E-state index contributed by atoms with van der Waals surface area (Å²) < 4.78 is 0. The van der Waals surface area contributed by atoms with Crippen LogP contribution in [0.15, 0.2) is 54.2 Å². The van der Waals surface area contributed by atoms with Gasteiger partial charge in [0, 0.05) is 29.9 Å². The van der Waals surface area contributed by atoms with Gasteiger partial charge in [0.05, 0.1) is 0 Å². The van der Waals surface area contributed by atoms with Crippen LogP contribution in [-0.4, -0.2) is 21.8 Å². The van der Waals surface area contributed by atoms with Crippen molar-refractivity contribution in [1.82, 2.24) is 15.3 Å². The molecule has 0 fully saturated rings. The fourth-order valence-electron chi connectivity index (χ4n) is 2.20. The van der Waals surface area contributed by atoms with Gasteiger partial charge in [-0.2, -0.15) is 0 Å². The first kappa shape index (κ1) is 16.8. The van der Waals surface area contributed by atoms with Crippen molar-refractivity contribution in [2.75, 3.05) is 5.32 Å². The molecule has 0 bridgehead atoms. The summed E-state index contributed by atoms with van der Waals surface area (Å²) in [6.07, 6.45) is 3.37. The predicted molar refractivity (Wildman–Crippen MR) is 96.7 cm³/mol. The molecule has 7 heteroatoms. The van der Waals surface area contributed by atoms with Crippen LogP contribution in [0, 0.1) is 6.92 Å². The van der Waals surface area contributed by atoms with E-state index in [9.17, 15) is 9.59 Å². The molecular formula is C18H16N4O2S. The maximum atomic E-state index is 12.3. The highest BCUT2D eigenvalue weighted by atomic mass is 32.1. The van der Waals surface area contributed by atoms with Crippen molar-refractivity contribution in [3.05, 3.63) is 76.6 Å². The highest BCUT2D eigenvalue weighted by molar-refractivity contribution is 7.14. The summed E-state index contributed by atoms with van der Waals surface area (Å²) in [6.45, 7) is 2.24. The molecular weight excluding hydrogens is 336 g/mol. The Morgan fingerprint density at radius 2 is 1.96 bits per heavy atom. The van der Waals surface area contributed by atoms with Crippen LogP contribution in [0.5, 0.6) is 0 Å². The minimum atomic E-state index is -0.295. The molecule has 0 aliphatic carbocycles. The Kier molecular flexibility index (Phi) is 5.15. The molecule has 0 aliphatic heterocycles. The van der Waals surface area contributed by atoms with Crippen molar-refractivity contribution in [3.8, 4) is 0 Å². The summed E-state index contributed by atoms with van der Waals surface area (Å²) in [4.78, 5) is 32.6. The number of thiazole rings is 1. The van der Waals surface area contributed by atoms with E-state index in [1.54, 1.807) is 29.9 Å². The molecule has 2 N–H and O–H groups in total. The maximum absolute atomic E-state index is 12.3. The van der Waals surface area contributed by atoms with Gasteiger partial charge in [-0.25, -0.2) is 4.98 Å². The first-order chi connectivity index (χ1) is 12.1. The van der Waals surface area contributed by atoms with Gasteiger partial charge in [0.2, 0.25) is 0 Å². The quantitative estimate of drug-likeness (QED) is 0.739. The number of nitrogens with zero attached hydrogens (tertiary/aromatic N) is 2. The molecule has 0 atom stereocenters. The second-order valence-corrected chi connectivity index (χ2v) is 6.21. The van der Waals surface area contributed by atoms with Gasteiger partial charge >= 0.3 is 0 Å². The van der Waals surface area contributed by atoms with Crippen molar-refractivity contribution in [3.63, 3.8) is 0 Å². The monoisotopic (exact) mass is 352 g/mol. The van der Waals surface area contributed by atoms with E-state index in [4.69, 9.17) is 0 Å². The number of amides is 2. The molecule has 2 heterocycles. The van der Waals surface area contributed by atoms with Crippen LogP contribution in [0.3, 0.4) is 0 Å².